The van der Waals surface area contributed by atoms with Crippen LogP contribution in [0.5, 0.6) is 0 Å². The van der Waals surface area contributed by atoms with Gasteiger partial charge in [-0.3, -0.25) is 4.68 Å². The molecule has 182 valence electrons. The molecule has 2 heterocycles. The van der Waals surface area contributed by atoms with E-state index in [2.05, 4.69) is 9.50 Å². The number of hydrogen-bond donors (Lipinski definition) is 0. The second-order valence-electron chi connectivity index (χ2n) is 8.26. The second kappa shape index (κ2) is 9.72. The fourth-order valence-corrected chi connectivity index (χ4v) is 5.32. The van der Waals surface area contributed by atoms with Crippen LogP contribution in [0.4, 0.5) is 18.9 Å². The molecule has 12 heteroatoms. The molecule has 1 aromatic heterocycles. The Morgan fingerprint density at radius 3 is 2.55 bits per heavy atom. The van der Waals surface area contributed by atoms with Gasteiger partial charge in [-0.2, -0.15) is 31.1 Å². The van der Waals surface area contributed by atoms with Crippen molar-refractivity contribution >= 4 is 21.8 Å². The van der Waals surface area contributed by atoms with Crippen molar-refractivity contribution in [2.24, 2.45) is 11.4 Å². The van der Waals surface area contributed by atoms with Gasteiger partial charge in [-0.05, 0) is 62.0 Å². The van der Waals surface area contributed by atoms with E-state index in [1.165, 1.54) is 23.1 Å². The van der Waals surface area contributed by atoms with E-state index in [0.717, 1.165) is 29.4 Å². The van der Waals surface area contributed by atoms with Crippen molar-refractivity contribution in [3.05, 3.63) is 47.3 Å². The summed E-state index contributed by atoms with van der Waals surface area (Å²) in [5, 5.41) is 16.6. The Bertz CT molecular complexity index is 1110. The number of nitrogens with zero attached hydrogens (tertiary/aromatic N) is 5. The quantitative estimate of drug-likeness (QED) is 0.442. The Hall–Kier alpha value is -2.60. The minimum Gasteiger partial charge on any atom is -0.861 e. The molecule has 1 aliphatic rings. The molecule has 0 saturated carbocycles. The van der Waals surface area contributed by atoms with Crippen molar-refractivity contribution in [1.29, 1.82) is 0 Å². The Balaban J connectivity index is 1.93. The largest absolute Gasteiger partial charge is 0.861 e. The number of halogens is 3. The molecule has 1 aliphatic heterocycles. The van der Waals surface area contributed by atoms with E-state index in [4.69, 9.17) is 0 Å². The number of benzene rings is 1. The zero-order chi connectivity index (χ0) is 24.4. The predicted molar refractivity (Wildman–Crippen MR) is 117 cm³/mol. The van der Waals surface area contributed by atoms with Gasteiger partial charge in [0.15, 0.2) is 0 Å². The molecule has 0 spiro atoms. The van der Waals surface area contributed by atoms with Gasteiger partial charge in [0.2, 0.25) is 0 Å². The molecule has 1 atom stereocenters. The summed E-state index contributed by atoms with van der Waals surface area (Å²) >= 11 is 0. The number of aromatic nitrogens is 2. The van der Waals surface area contributed by atoms with Crippen LogP contribution in [0.1, 0.15) is 36.5 Å². The Kier molecular flexibility index (Phi) is 7.37. The van der Waals surface area contributed by atoms with Crippen LogP contribution in [-0.2, 0) is 36.3 Å². The monoisotopic (exact) mass is 486 g/mol. The minimum atomic E-state index is -4.57. The third kappa shape index (κ3) is 6.26. The van der Waals surface area contributed by atoms with Crippen molar-refractivity contribution in [1.82, 2.24) is 14.7 Å². The number of alkyl halides is 3. The maximum atomic E-state index is 13.2. The normalized spacial score (nSPS) is 18.5. The van der Waals surface area contributed by atoms with Crippen LogP contribution in [0, 0.1) is 0 Å². The highest BCUT2D eigenvalue weighted by Gasteiger charge is 2.34. The summed E-state index contributed by atoms with van der Waals surface area (Å²) in [7, 11) is -0.934. The number of rotatable bonds is 7. The molecule has 0 bridgehead atoms. The van der Waals surface area contributed by atoms with Gasteiger partial charge in [-0.25, -0.2) is 4.31 Å². The van der Waals surface area contributed by atoms with Gasteiger partial charge in [-0.15, -0.1) is 0 Å². The smallest absolute Gasteiger partial charge is 0.416 e. The Labute approximate surface area is 191 Å². The van der Waals surface area contributed by atoms with Crippen molar-refractivity contribution in [2.75, 3.05) is 24.4 Å². The molecule has 3 rings (SSSR count). The lowest BCUT2D eigenvalue weighted by Crippen LogP contribution is -2.49. The average molecular weight is 487 g/mol. The molecule has 1 saturated heterocycles. The molecule has 0 amide bonds. The van der Waals surface area contributed by atoms with Crippen molar-refractivity contribution < 1.29 is 26.7 Å². The fraction of sp³-hybridized carbons (Fsp3) is 0.524. The number of likely N-dealkylation sites (N-methyl/N-ethyl adjacent to an activating group) is 1. The number of hydrogen-bond acceptors (Lipinski definition) is 5. The van der Waals surface area contributed by atoms with E-state index in [-0.39, 0.29) is 11.3 Å². The molecule has 33 heavy (non-hydrogen) atoms. The minimum absolute atomic E-state index is 0.0657. The standard InChI is InChI=1S/C21H28F3N5O3S/c1-4-15-8-16(10-17(9-15)21(22,23)24)11-20(30)26-33(31,32)29(19-12-25-28(3)14-19)18-6-5-7-27(2)13-18/h8-10,12,14,18H,4-7,11,13H2,1-3H3,(H,26,30)/p-1. The van der Waals surface area contributed by atoms with Gasteiger partial charge < -0.3 is 10.0 Å². The van der Waals surface area contributed by atoms with Crippen molar-refractivity contribution in [2.45, 2.75) is 44.8 Å². The maximum absolute atomic E-state index is 13.2. The molecular formula is C21H27F3N5O3S-. The first-order valence-electron chi connectivity index (χ1n) is 10.6. The molecule has 0 N–H and O–H groups in total. The highest BCUT2D eigenvalue weighted by atomic mass is 32.2. The van der Waals surface area contributed by atoms with Crippen LogP contribution >= 0.6 is 0 Å². The summed E-state index contributed by atoms with van der Waals surface area (Å²) in [5.41, 5.74) is -0.134. The van der Waals surface area contributed by atoms with Gasteiger partial charge in [0, 0.05) is 26.2 Å². The van der Waals surface area contributed by atoms with Crippen LogP contribution in [0.2, 0.25) is 0 Å². The second-order valence-corrected chi connectivity index (χ2v) is 9.73. The molecule has 2 aromatic rings. The zero-order valence-corrected chi connectivity index (χ0v) is 19.5. The highest BCUT2D eigenvalue weighted by Crippen LogP contribution is 2.31. The summed E-state index contributed by atoms with van der Waals surface area (Å²) in [4.78, 5) is 1.99. The van der Waals surface area contributed by atoms with Gasteiger partial charge in [0.05, 0.1) is 23.5 Å². The van der Waals surface area contributed by atoms with Crippen molar-refractivity contribution in [3.8, 4) is 0 Å². The van der Waals surface area contributed by atoms with Gasteiger partial charge in [-0.1, -0.05) is 13.0 Å². The molecule has 0 radical (unpaired) electrons. The first-order valence-corrected chi connectivity index (χ1v) is 12.0. The third-order valence-electron chi connectivity index (χ3n) is 5.49. The van der Waals surface area contributed by atoms with E-state index in [0.29, 0.717) is 24.9 Å². The summed E-state index contributed by atoms with van der Waals surface area (Å²) in [5.74, 6) is -1.03. The fourth-order valence-electron chi connectivity index (χ4n) is 4.00. The predicted octanol–water partition coefficient (Wildman–Crippen LogP) is 2.15. The molecule has 1 fully saturated rings. The van der Waals surface area contributed by atoms with Crippen LogP contribution < -0.4 is 9.41 Å². The topological polar surface area (TPSA) is 93.9 Å². The van der Waals surface area contributed by atoms with Crippen LogP contribution in [0.3, 0.4) is 0 Å². The first kappa shape index (κ1) is 25.0. The lowest BCUT2D eigenvalue weighted by Gasteiger charge is -2.36. The van der Waals surface area contributed by atoms with Gasteiger partial charge >= 0.3 is 16.4 Å². The Morgan fingerprint density at radius 1 is 1.27 bits per heavy atom. The van der Waals surface area contributed by atoms with Crippen LogP contribution in [-0.4, -0.2) is 55.2 Å². The summed E-state index contributed by atoms with van der Waals surface area (Å²) in [6.45, 7) is 2.97. The summed E-state index contributed by atoms with van der Waals surface area (Å²) in [6.07, 6.45) is -0.539. The van der Waals surface area contributed by atoms with E-state index >= 15 is 0 Å². The highest BCUT2D eigenvalue weighted by molar-refractivity contribution is 7.91. The number of anilines is 1. The zero-order valence-electron chi connectivity index (χ0n) is 18.7. The van der Waals surface area contributed by atoms with E-state index in [1.807, 2.05) is 11.9 Å². The lowest BCUT2D eigenvalue weighted by atomic mass is 10.0. The number of likely N-dealkylation sites (tertiary alicyclic amines) is 1. The van der Waals surface area contributed by atoms with Gasteiger partial charge in [0.25, 0.3) is 0 Å². The molecule has 8 nitrogen and oxygen atoms in total. The van der Waals surface area contributed by atoms with Crippen LogP contribution in [0.15, 0.2) is 35.0 Å². The first-order chi connectivity index (χ1) is 15.4. The van der Waals surface area contributed by atoms with Gasteiger partial charge in [0.1, 0.15) is 0 Å². The molecule has 1 aromatic carbocycles. The van der Waals surface area contributed by atoms with E-state index in [1.54, 1.807) is 14.0 Å². The third-order valence-corrected chi connectivity index (χ3v) is 6.93. The SMILES string of the molecule is CCc1cc(C/C([O-])=N/S(=O)(=O)N(c2cnn(C)c2)C2CCCN(C)C2)cc(C(F)(F)F)c1. The number of aryl methyl sites for hydroxylation is 2. The maximum Gasteiger partial charge on any atom is 0.416 e. The molecule has 1 unspecified atom stereocenters. The summed E-state index contributed by atoms with van der Waals surface area (Å²) in [6, 6.07) is 2.89. The summed E-state index contributed by atoms with van der Waals surface area (Å²) < 4.78 is 72.0. The van der Waals surface area contributed by atoms with Crippen molar-refractivity contribution in [3.63, 3.8) is 0 Å². The molecule has 0 aliphatic carbocycles. The van der Waals surface area contributed by atoms with Crippen LogP contribution in [0.25, 0.3) is 0 Å². The van der Waals surface area contributed by atoms with E-state index in [9.17, 15) is 26.7 Å². The molecular weight excluding hydrogens is 459 g/mol. The van der Waals surface area contributed by atoms with E-state index < -0.39 is 40.3 Å². The Morgan fingerprint density at radius 2 is 1.97 bits per heavy atom. The lowest BCUT2D eigenvalue weighted by molar-refractivity contribution is -0.217. The number of piperidine rings is 1. The average Bonchev–Trinajstić information content (AvgIpc) is 3.11.